The number of hydrogen-bond donors (Lipinski definition) is 1. The van der Waals surface area contributed by atoms with E-state index in [2.05, 4.69) is 225 Å². The summed E-state index contributed by atoms with van der Waals surface area (Å²) in [7, 11) is 2.49. The minimum atomic E-state index is -0.208. The first kappa shape index (κ1) is 38.6. The van der Waals surface area contributed by atoms with Gasteiger partial charge in [0.1, 0.15) is 0 Å². The third kappa shape index (κ3) is 5.92. The van der Waals surface area contributed by atoms with Crippen LogP contribution in [0.3, 0.4) is 0 Å². The fourth-order valence-corrected chi connectivity index (χ4v) is 11.3. The summed E-state index contributed by atoms with van der Waals surface area (Å²) in [6, 6.07) is 57.0. The van der Waals surface area contributed by atoms with Gasteiger partial charge >= 0.3 is 0 Å². The van der Waals surface area contributed by atoms with Crippen LogP contribution in [-0.4, -0.2) is 7.28 Å². The summed E-state index contributed by atoms with van der Waals surface area (Å²) in [5.74, 6) is 0. The molecule has 0 saturated heterocycles. The van der Waals surface area contributed by atoms with Gasteiger partial charge in [0.2, 0.25) is 0 Å². The monoisotopic (exact) mass is 801 g/mol. The Morgan fingerprint density at radius 1 is 0.532 bits per heavy atom. The number of fused-ring (bicyclic) bond motifs is 7. The van der Waals surface area contributed by atoms with Gasteiger partial charge in [-0.25, -0.2) is 0 Å². The van der Waals surface area contributed by atoms with Crippen molar-refractivity contribution in [3.05, 3.63) is 185 Å². The molecule has 0 saturated carbocycles. The molecule has 3 aliphatic rings. The zero-order valence-corrected chi connectivity index (χ0v) is 37.4. The molecule has 3 heteroatoms. The van der Waals surface area contributed by atoms with Gasteiger partial charge in [0.25, 0.3) is 0 Å². The van der Waals surface area contributed by atoms with Gasteiger partial charge in [-0.05, 0) is 157 Å². The topological polar surface area (TPSA) is 15.3 Å². The summed E-state index contributed by atoms with van der Waals surface area (Å²) in [5, 5.41) is 6.63. The van der Waals surface area contributed by atoms with Gasteiger partial charge in [0.05, 0.1) is 5.69 Å². The van der Waals surface area contributed by atoms with Crippen LogP contribution < -0.4 is 21.1 Å². The van der Waals surface area contributed by atoms with Crippen molar-refractivity contribution in [1.29, 1.82) is 0 Å². The molecule has 62 heavy (non-hydrogen) atoms. The van der Waals surface area contributed by atoms with Gasteiger partial charge in [-0.1, -0.05) is 156 Å². The summed E-state index contributed by atoms with van der Waals surface area (Å²) < 4.78 is 0. The van der Waals surface area contributed by atoms with Crippen molar-refractivity contribution in [3.63, 3.8) is 0 Å². The molecule has 0 unspecified atom stereocenters. The molecule has 0 spiro atoms. The molecule has 2 aliphatic heterocycles. The van der Waals surface area contributed by atoms with Crippen molar-refractivity contribution in [2.45, 2.75) is 84.5 Å². The molecular weight excluding hydrogens is 747 g/mol. The van der Waals surface area contributed by atoms with Gasteiger partial charge in [-0.3, -0.25) is 0 Å². The highest BCUT2D eigenvalue weighted by Crippen LogP contribution is 2.56. The maximum Gasteiger partial charge on any atom is 0.197 e. The highest BCUT2D eigenvalue weighted by atomic mass is 15.2. The number of hydrogen-bond acceptors (Lipinski definition) is 2. The molecule has 0 amide bonds. The molecule has 1 N–H and O–H groups in total. The van der Waals surface area contributed by atoms with Gasteiger partial charge in [-0.2, -0.15) is 0 Å². The second kappa shape index (κ2) is 13.8. The number of nitrogens with one attached hydrogen (secondary N) is 1. The van der Waals surface area contributed by atoms with E-state index in [1.165, 1.54) is 106 Å². The number of anilines is 5. The van der Waals surface area contributed by atoms with Gasteiger partial charge < -0.3 is 10.2 Å². The molecule has 2 heterocycles. The van der Waals surface area contributed by atoms with E-state index in [4.69, 9.17) is 0 Å². The maximum absolute atomic E-state index is 4.04. The second-order valence-corrected chi connectivity index (χ2v) is 20.0. The van der Waals surface area contributed by atoms with Gasteiger partial charge in [0, 0.05) is 33.7 Å². The lowest BCUT2D eigenvalue weighted by molar-refractivity contribution is 0.332. The van der Waals surface area contributed by atoms with Crippen LogP contribution in [0.15, 0.2) is 152 Å². The molecule has 0 bridgehead atoms. The Labute approximate surface area is 368 Å². The second-order valence-electron chi connectivity index (χ2n) is 20.0. The van der Waals surface area contributed by atoms with E-state index in [9.17, 15) is 0 Å². The lowest BCUT2D eigenvalue weighted by Gasteiger charge is -2.46. The van der Waals surface area contributed by atoms with Crippen LogP contribution in [0.4, 0.5) is 28.4 Å². The molecular formula is C59H54BN2. The van der Waals surface area contributed by atoms with E-state index < -0.39 is 0 Å². The first-order chi connectivity index (χ1) is 29.8. The van der Waals surface area contributed by atoms with Crippen LogP contribution in [0.5, 0.6) is 0 Å². The molecule has 1 radical (unpaired) electrons. The van der Waals surface area contributed by atoms with E-state index in [-0.39, 0.29) is 16.2 Å². The average molecular weight is 802 g/mol. The normalized spacial score (nSPS) is 16.1. The number of para-hydroxylation sites is 1. The van der Waals surface area contributed by atoms with E-state index >= 15 is 0 Å². The quantitative estimate of drug-likeness (QED) is 0.174. The zero-order valence-electron chi connectivity index (χ0n) is 37.4. The predicted octanol–water partition coefficient (Wildman–Crippen LogP) is 14.6. The highest BCUT2D eigenvalue weighted by molar-refractivity contribution is 6.73. The predicted molar refractivity (Wildman–Crippen MR) is 267 cm³/mol. The largest absolute Gasteiger partial charge is 0.355 e. The number of rotatable bonds is 5. The van der Waals surface area contributed by atoms with Crippen LogP contribution in [0, 0.1) is 13.8 Å². The van der Waals surface area contributed by atoms with E-state index in [0.29, 0.717) is 0 Å². The van der Waals surface area contributed by atoms with Crippen LogP contribution in [0.2, 0.25) is 0 Å². The fourth-order valence-electron chi connectivity index (χ4n) is 11.3. The molecule has 303 valence electrons. The van der Waals surface area contributed by atoms with Crippen molar-refractivity contribution >= 4 is 57.4 Å². The molecule has 0 fully saturated rings. The lowest BCUT2D eigenvalue weighted by atomic mass is 9.55. The third-order valence-corrected chi connectivity index (χ3v) is 14.8. The molecule has 8 aromatic carbocycles. The van der Waals surface area contributed by atoms with Crippen LogP contribution >= 0.6 is 0 Å². The molecule has 0 aromatic heterocycles. The fraction of sp³-hybridized carbons (Fsp3) is 0.220. The Balaban J connectivity index is 1.21. The Hall–Kier alpha value is -6.32. The Kier molecular flexibility index (Phi) is 8.62. The molecule has 2 nitrogen and oxygen atoms in total. The minimum Gasteiger partial charge on any atom is -0.355 e. The van der Waals surface area contributed by atoms with Crippen molar-refractivity contribution in [1.82, 2.24) is 0 Å². The summed E-state index contributed by atoms with van der Waals surface area (Å²) in [6.45, 7) is 19.1. The van der Waals surface area contributed by atoms with Crippen molar-refractivity contribution < 1.29 is 0 Å². The van der Waals surface area contributed by atoms with Crippen LogP contribution in [0.1, 0.15) is 87.8 Å². The molecule has 1 aliphatic carbocycles. The lowest BCUT2D eigenvalue weighted by Crippen LogP contribution is -2.45. The molecule has 11 rings (SSSR count). The van der Waals surface area contributed by atoms with E-state index in [1.807, 2.05) is 0 Å². The first-order valence-electron chi connectivity index (χ1n) is 22.5. The van der Waals surface area contributed by atoms with E-state index in [0.717, 1.165) is 24.2 Å². The highest BCUT2D eigenvalue weighted by Gasteiger charge is 2.43. The number of aryl methyl sites for hydroxylation is 2. The summed E-state index contributed by atoms with van der Waals surface area (Å²) in [4.78, 5) is 2.62. The summed E-state index contributed by atoms with van der Waals surface area (Å²) in [6.07, 6.45) is 2.30. The average Bonchev–Trinajstić information content (AvgIpc) is 3.26. The Morgan fingerprint density at radius 3 is 1.94 bits per heavy atom. The Morgan fingerprint density at radius 2 is 1.19 bits per heavy atom. The molecule has 0 atom stereocenters. The van der Waals surface area contributed by atoms with Crippen LogP contribution in [0.25, 0.3) is 44.2 Å². The smallest absolute Gasteiger partial charge is 0.197 e. The number of nitrogens with zero attached hydrogens (tertiary/aromatic N) is 1. The molecule has 8 aromatic rings. The Bertz CT molecular complexity index is 3100. The van der Waals surface area contributed by atoms with Gasteiger partial charge in [-0.15, -0.1) is 0 Å². The van der Waals surface area contributed by atoms with Crippen molar-refractivity contribution in [2.24, 2.45) is 0 Å². The first-order valence-corrected chi connectivity index (χ1v) is 22.5. The summed E-state index contributed by atoms with van der Waals surface area (Å²) in [5.41, 5.74) is 24.0. The minimum absolute atomic E-state index is 0.0312. The zero-order chi connectivity index (χ0) is 42.7. The standard InChI is InChI=1S/C59H54BN2/c1-36-16-14-17-37(2)53(36)41-32-45(55-52(33-41)62-51-29-26-40-20-12-13-21-43(40)54(51)59(7,8)46-22-15-23-49(60-55)56(46)62)44-34-47-48(58(5,6)31-30-57(47,3)4)35-50(44)61-42-27-24-39(25-28-42)38-18-10-9-11-19-38/h9-29,32-35,61H,30-31H2,1-8H3. The van der Waals surface area contributed by atoms with Crippen molar-refractivity contribution in [2.75, 3.05) is 10.2 Å². The number of benzene rings is 8. The van der Waals surface area contributed by atoms with Crippen LogP contribution in [-0.2, 0) is 16.2 Å². The SMILES string of the molecule is Cc1cccc(C)c1-c1cc(-c2cc3c(cc2Nc2ccc(-c4ccccc4)cc2)C(C)(C)CCC3(C)C)c2c(c1)N1c3ccc4ccccc4c3C(C)(C)c3cccc(c31)[B]2. The maximum atomic E-state index is 4.04. The summed E-state index contributed by atoms with van der Waals surface area (Å²) >= 11 is 0. The van der Waals surface area contributed by atoms with Crippen molar-refractivity contribution in [3.8, 4) is 33.4 Å². The van der Waals surface area contributed by atoms with Gasteiger partial charge in [0.15, 0.2) is 7.28 Å². The van der Waals surface area contributed by atoms with E-state index in [1.54, 1.807) is 0 Å². The third-order valence-electron chi connectivity index (χ3n) is 14.8.